The molecular formula is C64H40N4O. The lowest BCUT2D eigenvalue weighted by molar-refractivity contribution is 0.493. The summed E-state index contributed by atoms with van der Waals surface area (Å²) in [4.78, 5) is 8.63. The van der Waals surface area contributed by atoms with E-state index < -0.39 is 0 Å². The van der Waals surface area contributed by atoms with Gasteiger partial charge in [0.1, 0.15) is 11.5 Å². The Morgan fingerprint density at radius 3 is 1.28 bits per heavy atom. The minimum Gasteiger partial charge on any atom is -0.456 e. The topological polar surface area (TPSA) is 44.9 Å². The Bertz CT molecular complexity index is 4130. The molecule has 0 saturated heterocycles. The standard InChI is InChI=1S/C64H40N4O/c1-2-14-49-43(12-1)13-11-21-52(49)63-53-17-3-5-19-55(53)64(56-20-6-4-18-54(56)63)69-48-39-46(67-59-22-9-7-15-50(59)51-16-8-10-23-60(51)67)38-47(40-48)68-61-26-24-44(41-28-32-65-33-29-41)36-57(61)58-37-45(25-27-62(58)68)42-30-34-66-35-31-42/h1-40H. The minimum atomic E-state index is 0.731. The Kier molecular flexibility index (Phi) is 8.83. The second-order valence-electron chi connectivity index (χ2n) is 17.7. The van der Waals surface area contributed by atoms with Crippen LogP contribution in [0.4, 0.5) is 0 Å². The van der Waals surface area contributed by atoms with Crippen LogP contribution < -0.4 is 4.74 Å². The van der Waals surface area contributed by atoms with Gasteiger partial charge in [-0.15, -0.1) is 0 Å². The van der Waals surface area contributed by atoms with E-state index in [9.17, 15) is 0 Å². The van der Waals surface area contributed by atoms with E-state index in [1.807, 2.05) is 24.8 Å². The number of nitrogens with zero attached hydrogens (tertiary/aromatic N) is 4. The Morgan fingerprint density at radius 2 is 0.739 bits per heavy atom. The minimum absolute atomic E-state index is 0.731. The summed E-state index contributed by atoms with van der Waals surface area (Å²) in [6.07, 6.45) is 7.43. The van der Waals surface area contributed by atoms with Crippen LogP contribution in [0.15, 0.2) is 243 Å². The number of para-hydroxylation sites is 2. The molecule has 0 spiro atoms. The fourth-order valence-electron chi connectivity index (χ4n) is 10.9. The Hall–Kier alpha value is -9.32. The van der Waals surface area contributed by atoms with Crippen LogP contribution in [-0.4, -0.2) is 19.1 Å². The van der Waals surface area contributed by atoms with Gasteiger partial charge in [0, 0.05) is 69.2 Å². The smallest absolute Gasteiger partial charge is 0.143 e. The first-order valence-corrected chi connectivity index (χ1v) is 23.4. The van der Waals surface area contributed by atoms with Gasteiger partial charge >= 0.3 is 0 Å². The zero-order chi connectivity index (χ0) is 45.4. The van der Waals surface area contributed by atoms with E-state index >= 15 is 0 Å². The van der Waals surface area contributed by atoms with Gasteiger partial charge in [-0.3, -0.25) is 9.97 Å². The summed E-state index contributed by atoms with van der Waals surface area (Å²) in [5.74, 6) is 1.55. The van der Waals surface area contributed by atoms with Gasteiger partial charge in [0.25, 0.3) is 0 Å². The number of hydrogen-bond acceptors (Lipinski definition) is 3. The molecule has 0 atom stereocenters. The number of hydrogen-bond donors (Lipinski definition) is 0. The molecule has 5 nitrogen and oxygen atoms in total. The van der Waals surface area contributed by atoms with Crippen molar-refractivity contribution in [3.63, 3.8) is 0 Å². The van der Waals surface area contributed by atoms with E-state index in [2.05, 4.69) is 237 Å². The molecule has 10 aromatic carbocycles. The largest absolute Gasteiger partial charge is 0.456 e. The van der Waals surface area contributed by atoms with Crippen LogP contribution in [0, 0.1) is 0 Å². The number of benzene rings is 10. The number of rotatable bonds is 7. The molecule has 0 aliphatic carbocycles. The highest BCUT2D eigenvalue weighted by molar-refractivity contribution is 6.20. The summed E-state index contributed by atoms with van der Waals surface area (Å²) in [5, 5.41) is 11.5. The van der Waals surface area contributed by atoms with Crippen molar-refractivity contribution in [2.24, 2.45) is 0 Å². The number of ether oxygens (including phenoxy) is 1. The summed E-state index contributed by atoms with van der Waals surface area (Å²) < 4.78 is 12.3. The van der Waals surface area contributed by atoms with Gasteiger partial charge in [-0.1, -0.05) is 140 Å². The molecule has 14 aromatic rings. The molecule has 0 bridgehead atoms. The number of fused-ring (bicyclic) bond motifs is 9. The van der Waals surface area contributed by atoms with E-state index in [4.69, 9.17) is 4.74 Å². The van der Waals surface area contributed by atoms with Crippen molar-refractivity contribution in [2.75, 3.05) is 0 Å². The molecule has 0 unspecified atom stereocenters. The lowest BCUT2D eigenvalue weighted by Gasteiger charge is -2.20. The molecule has 4 heterocycles. The Balaban J connectivity index is 1.05. The van der Waals surface area contributed by atoms with E-state index in [0.717, 1.165) is 99.5 Å². The third-order valence-electron chi connectivity index (χ3n) is 13.9. The molecule has 0 saturated carbocycles. The van der Waals surface area contributed by atoms with Gasteiger partial charge in [-0.05, 0) is 122 Å². The predicted molar refractivity (Wildman–Crippen MR) is 286 cm³/mol. The lowest BCUT2D eigenvalue weighted by Crippen LogP contribution is -2.01. The van der Waals surface area contributed by atoms with Crippen LogP contribution in [0.3, 0.4) is 0 Å². The molecule has 14 rings (SSSR count). The average Bonchev–Trinajstić information content (AvgIpc) is 3.93. The summed E-state index contributed by atoms with van der Waals surface area (Å²) in [6.45, 7) is 0. The molecule has 5 heteroatoms. The third-order valence-corrected chi connectivity index (χ3v) is 13.9. The first-order chi connectivity index (χ1) is 34.2. The molecule has 0 fully saturated rings. The lowest BCUT2D eigenvalue weighted by atomic mass is 9.89. The first-order valence-electron chi connectivity index (χ1n) is 23.4. The zero-order valence-corrected chi connectivity index (χ0v) is 37.3. The maximum atomic E-state index is 7.52. The molecular weight excluding hydrogens is 841 g/mol. The van der Waals surface area contributed by atoms with Crippen molar-refractivity contribution in [3.8, 4) is 56.3 Å². The quantitative estimate of drug-likeness (QED) is 0.150. The molecule has 0 radical (unpaired) electrons. The van der Waals surface area contributed by atoms with E-state index in [1.54, 1.807) is 0 Å². The monoisotopic (exact) mass is 880 g/mol. The van der Waals surface area contributed by atoms with Crippen LogP contribution >= 0.6 is 0 Å². The fourth-order valence-corrected chi connectivity index (χ4v) is 10.9. The van der Waals surface area contributed by atoms with Gasteiger partial charge in [0.15, 0.2) is 0 Å². The molecule has 0 N–H and O–H groups in total. The Labute approximate surface area is 397 Å². The molecule has 0 aliphatic heterocycles. The van der Waals surface area contributed by atoms with Crippen molar-refractivity contribution in [2.45, 2.75) is 0 Å². The first kappa shape index (κ1) is 38.9. The molecule has 69 heavy (non-hydrogen) atoms. The van der Waals surface area contributed by atoms with Gasteiger partial charge in [0.2, 0.25) is 0 Å². The average molecular weight is 881 g/mol. The highest BCUT2D eigenvalue weighted by Crippen LogP contribution is 2.47. The van der Waals surface area contributed by atoms with E-state index in [1.165, 1.54) is 32.7 Å². The second-order valence-corrected chi connectivity index (χ2v) is 17.7. The van der Waals surface area contributed by atoms with Crippen molar-refractivity contribution in [3.05, 3.63) is 243 Å². The molecule has 0 aliphatic rings. The van der Waals surface area contributed by atoms with Crippen LogP contribution in [0.2, 0.25) is 0 Å². The summed E-state index contributed by atoms with van der Waals surface area (Å²) in [7, 11) is 0. The summed E-state index contributed by atoms with van der Waals surface area (Å²) in [5.41, 5.74) is 13.3. The van der Waals surface area contributed by atoms with Crippen LogP contribution in [-0.2, 0) is 0 Å². The Morgan fingerprint density at radius 1 is 0.304 bits per heavy atom. The third kappa shape index (κ3) is 6.25. The fraction of sp³-hybridized carbons (Fsp3) is 0. The second kappa shape index (κ2) is 15.7. The normalized spacial score (nSPS) is 11.8. The highest BCUT2D eigenvalue weighted by Gasteiger charge is 2.22. The van der Waals surface area contributed by atoms with Gasteiger partial charge in [-0.2, -0.15) is 0 Å². The van der Waals surface area contributed by atoms with Crippen molar-refractivity contribution >= 4 is 75.9 Å². The van der Waals surface area contributed by atoms with E-state index in [0.29, 0.717) is 0 Å². The van der Waals surface area contributed by atoms with Crippen LogP contribution in [0.5, 0.6) is 11.5 Å². The molecule has 322 valence electrons. The predicted octanol–water partition coefficient (Wildman–Crippen LogP) is 16.9. The van der Waals surface area contributed by atoms with Crippen LogP contribution in [0.1, 0.15) is 0 Å². The summed E-state index contributed by atoms with van der Waals surface area (Å²) >= 11 is 0. The SMILES string of the molecule is c1ccc2c(-c3c4ccccc4c(Oc4cc(-n5c6ccccc6c6ccccc65)cc(-n5c6ccc(-c7ccncc7)cc6c6cc(-c7ccncc7)ccc65)c4)c4ccccc34)cccc2c1. The maximum absolute atomic E-state index is 7.52. The zero-order valence-electron chi connectivity index (χ0n) is 37.3. The van der Waals surface area contributed by atoms with Gasteiger partial charge in [-0.25, -0.2) is 0 Å². The summed E-state index contributed by atoms with van der Waals surface area (Å²) in [6, 6.07) is 78.7. The van der Waals surface area contributed by atoms with Crippen LogP contribution in [0.25, 0.3) is 121 Å². The molecule has 0 amide bonds. The molecule has 4 aromatic heterocycles. The highest BCUT2D eigenvalue weighted by atomic mass is 16.5. The number of pyridine rings is 2. The van der Waals surface area contributed by atoms with Crippen molar-refractivity contribution in [1.29, 1.82) is 0 Å². The number of aromatic nitrogens is 4. The maximum Gasteiger partial charge on any atom is 0.143 e. The van der Waals surface area contributed by atoms with Gasteiger partial charge in [0.05, 0.1) is 33.4 Å². The van der Waals surface area contributed by atoms with E-state index in [-0.39, 0.29) is 0 Å². The van der Waals surface area contributed by atoms with Crippen molar-refractivity contribution in [1.82, 2.24) is 19.1 Å². The van der Waals surface area contributed by atoms with Crippen molar-refractivity contribution < 1.29 is 4.74 Å². The van der Waals surface area contributed by atoms with Gasteiger partial charge < -0.3 is 13.9 Å².